The molecule has 27 heavy (non-hydrogen) atoms. The lowest BCUT2D eigenvalue weighted by atomic mass is 9.60. The molecule has 0 heterocycles. The lowest BCUT2D eigenvalue weighted by Gasteiger charge is -2.44. The van der Waals surface area contributed by atoms with Gasteiger partial charge in [0.05, 0.1) is 7.11 Å². The third-order valence-electron chi connectivity index (χ3n) is 6.65. The van der Waals surface area contributed by atoms with E-state index in [0.29, 0.717) is 5.92 Å². The van der Waals surface area contributed by atoms with Gasteiger partial charge in [-0.05, 0) is 86.3 Å². The van der Waals surface area contributed by atoms with E-state index in [2.05, 4.69) is 39.8 Å². The van der Waals surface area contributed by atoms with E-state index in [1.165, 1.54) is 50.4 Å². The first kappa shape index (κ1) is 22.0. The predicted molar refractivity (Wildman–Crippen MR) is 114 cm³/mol. The Hall–Kier alpha value is -1.31. The quantitative estimate of drug-likeness (QED) is 0.501. The predicted octanol–water partition coefficient (Wildman–Crippen LogP) is 7.03. The van der Waals surface area contributed by atoms with Gasteiger partial charge in [0.1, 0.15) is 12.0 Å². The molecule has 3 atom stereocenters. The summed E-state index contributed by atoms with van der Waals surface area (Å²) in [4.78, 5) is 11.0. The number of carbonyl (C=O) groups is 1. The first-order valence-corrected chi connectivity index (χ1v) is 11.0. The molecule has 0 aliphatic heterocycles. The number of hydrogen-bond acceptors (Lipinski definition) is 2. The van der Waals surface area contributed by atoms with Crippen LogP contribution < -0.4 is 4.74 Å². The number of carbonyl (C=O) groups excluding carboxylic acids is 1. The van der Waals surface area contributed by atoms with Gasteiger partial charge in [-0.25, -0.2) is 0 Å². The molecule has 2 fully saturated rings. The number of benzene rings is 1. The summed E-state index contributed by atoms with van der Waals surface area (Å²) in [7, 11) is 1.71. The second kappa shape index (κ2) is 10.3. The molecule has 0 spiro atoms. The van der Waals surface area contributed by atoms with Gasteiger partial charge in [0.25, 0.3) is 0 Å². The Bertz CT molecular complexity index is 544. The third kappa shape index (κ3) is 6.36. The molecule has 0 radical (unpaired) electrons. The van der Waals surface area contributed by atoms with Gasteiger partial charge in [0.2, 0.25) is 0 Å². The average molecular weight is 373 g/mol. The van der Waals surface area contributed by atoms with E-state index in [0.717, 1.165) is 36.3 Å². The second-order valence-electron chi connectivity index (χ2n) is 9.39. The van der Waals surface area contributed by atoms with Crippen molar-refractivity contribution in [3.8, 4) is 5.75 Å². The summed E-state index contributed by atoms with van der Waals surface area (Å²) in [6.07, 6.45) is 11.4. The van der Waals surface area contributed by atoms with E-state index in [1.54, 1.807) is 7.11 Å². The number of ether oxygens (including phenoxy) is 1. The van der Waals surface area contributed by atoms with Crippen LogP contribution in [-0.4, -0.2) is 13.4 Å². The Morgan fingerprint density at radius 3 is 2.15 bits per heavy atom. The highest BCUT2D eigenvalue weighted by molar-refractivity contribution is 5.59. The smallest absolute Gasteiger partial charge is 0.125 e. The summed E-state index contributed by atoms with van der Waals surface area (Å²) < 4.78 is 5.14. The maximum absolute atomic E-state index is 11.0. The molecule has 0 saturated heterocycles. The number of rotatable bonds is 6. The SMILES string of the molecule is CC1CC2CC(C1)CC(C)(C=O)C2.CCCC(CC)c1ccc(OC)cc1. The van der Waals surface area contributed by atoms with Crippen molar-refractivity contribution in [3.63, 3.8) is 0 Å². The summed E-state index contributed by atoms with van der Waals surface area (Å²) in [5.74, 6) is 4.25. The van der Waals surface area contributed by atoms with Crippen molar-refractivity contribution in [3.05, 3.63) is 29.8 Å². The molecule has 2 nitrogen and oxygen atoms in total. The van der Waals surface area contributed by atoms with Crippen LogP contribution in [0.2, 0.25) is 0 Å². The number of hydrogen-bond donors (Lipinski definition) is 0. The summed E-state index contributed by atoms with van der Waals surface area (Å²) >= 11 is 0. The van der Waals surface area contributed by atoms with Gasteiger partial charge >= 0.3 is 0 Å². The molecule has 3 unspecified atom stereocenters. The zero-order valence-corrected chi connectivity index (χ0v) is 18.2. The van der Waals surface area contributed by atoms with E-state index in [1.807, 2.05) is 12.1 Å². The van der Waals surface area contributed by atoms with Gasteiger partial charge in [0.15, 0.2) is 0 Å². The molecule has 1 aromatic carbocycles. The van der Waals surface area contributed by atoms with Crippen molar-refractivity contribution in [2.45, 2.75) is 85.0 Å². The largest absolute Gasteiger partial charge is 0.497 e. The zero-order chi connectivity index (χ0) is 19.9. The minimum absolute atomic E-state index is 0.0216. The topological polar surface area (TPSA) is 26.3 Å². The van der Waals surface area contributed by atoms with Crippen molar-refractivity contribution in [1.29, 1.82) is 0 Å². The minimum Gasteiger partial charge on any atom is -0.497 e. The van der Waals surface area contributed by atoms with Gasteiger partial charge in [-0.2, -0.15) is 0 Å². The van der Waals surface area contributed by atoms with Crippen molar-refractivity contribution >= 4 is 6.29 Å². The van der Waals surface area contributed by atoms with Gasteiger partial charge in [-0.3, -0.25) is 0 Å². The first-order valence-electron chi connectivity index (χ1n) is 11.0. The fourth-order valence-electron chi connectivity index (χ4n) is 5.56. The highest BCUT2D eigenvalue weighted by Gasteiger charge is 2.40. The third-order valence-corrected chi connectivity index (χ3v) is 6.65. The molecule has 2 aliphatic carbocycles. The van der Waals surface area contributed by atoms with Crippen LogP contribution in [0.25, 0.3) is 0 Å². The standard InChI is InChI=1S/C13H20O.C12H20O/c1-4-6-11(5-2)12-7-9-13(14-3)10-8-12;1-9-3-10-5-11(4-9)7-12(2,6-10)8-13/h7-11H,4-6H2,1-3H3;8-11H,3-7H2,1-2H3. The highest BCUT2D eigenvalue weighted by Crippen LogP contribution is 2.49. The van der Waals surface area contributed by atoms with Crippen LogP contribution in [0.1, 0.15) is 90.5 Å². The molecule has 2 heteroatoms. The van der Waals surface area contributed by atoms with Crippen LogP contribution in [-0.2, 0) is 4.79 Å². The molecule has 0 aromatic heterocycles. The number of fused-ring (bicyclic) bond motifs is 2. The van der Waals surface area contributed by atoms with Crippen LogP contribution in [0.15, 0.2) is 24.3 Å². The summed E-state index contributed by atoms with van der Waals surface area (Å²) in [5, 5.41) is 0. The summed E-state index contributed by atoms with van der Waals surface area (Å²) in [5.41, 5.74) is 1.46. The van der Waals surface area contributed by atoms with Gasteiger partial charge in [-0.1, -0.05) is 46.2 Å². The zero-order valence-electron chi connectivity index (χ0n) is 18.2. The Balaban J connectivity index is 0.000000194. The Morgan fingerprint density at radius 1 is 1.11 bits per heavy atom. The van der Waals surface area contributed by atoms with Crippen LogP contribution in [0.4, 0.5) is 0 Å². The molecule has 0 amide bonds. The molecule has 3 rings (SSSR count). The lowest BCUT2D eigenvalue weighted by Crippen LogP contribution is -2.36. The van der Waals surface area contributed by atoms with E-state index in [4.69, 9.17) is 4.74 Å². The normalized spacial score (nSPS) is 30.6. The Kier molecular flexibility index (Phi) is 8.38. The first-order chi connectivity index (χ1) is 12.9. The molecule has 2 aliphatic rings. The summed E-state index contributed by atoms with van der Waals surface area (Å²) in [6.45, 7) is 9.01. The lowest BCUT2D eigenvalue weighted by molar-refractivity contribution is -0.120. The van der Waals surface area contributed by atoms with Crippen molar-refractivity contribution in [2.75, 3.05) is 7.11 Å². The fourth-order valence-corrected chi connectivity index (χ4v) is 5.56. The fraction of sp³-hybridized carbons (Fsp3) is 0.720. The molecular weight excluding hydrogens is 332 g/mol. The maximum atomic E-state index is 11.0. The highest BCUT2D eigenvalue weighted by atomic mass is 16.5. The number of methoxy groups -OCH3 is 1. The number of aldehydes is 1. The van der Waals surface area contributed by atoms with Crippen LogP contribution in [0.5, 0.6) is 5.75 Å². The summed E-state index contributed by atoms with van der Waals surface area (Å²) in [6, 6.07) is 8.46. The maximum Gasteiger partial charge on any atom is 0.125 e. The van der Waals surface area contributed by atoms with Crippen LogP contribution in [0.3, 0.4) is 0 Å². The minimum atomic E-state index is 0.0216. The molecule has 2 saturated carbocycles. The second-order valence-corrected chi connectivity index (χ2v) is 9.39. The molecular formula is C25H40O2. The van der Waals surface area contributed by atoms with Gasteiger partial charge in [-0.15, -0.1) is 0 Å². The Morgan fingerprint density at radius 2 is 1.70 bits per heavy atom. The van der Waals surface area contributed by atoms with E-state index >= 15 is 0 Å². The van der Waals surface area contributed by atoms with Crippen LogP contribution >= 0.6 is 0 Å². The van der Waals surface area contributed by atoms with Crippen LogP contribution in [0, 0.1) is 23.2 Å². The van der Waals surface area contributed by atoms with Gasteiger partial charge in [0, 0.05) is 5.41 Å². The van der Waals surface area contributed by atoms with Crippen molar-refractivity contribution in [2.24, 2.45) is 23.2 Å². The molecule has 1 aromatic rings. The van der Waals surface area contributed by atoms with Gasteiger partial charge < -0.3 is 9.53 Å². The molecule has 2 bridgehead atoms. The van der Waals surface area contributed by atoms with E-state index in [-0.39, 0.29) is 5.41 Å². The monoisotopic (exact) mass is 372 g/mol. The van der Waals surface area contributed by atoms with Crippen molar-refractivity contribution < 1.29 is 9.53 Å². The molecule has 0 N–H and O–H groups in total. The van der Waals surface area contributed by atoms with E-state index < -0.39 is 0 Å². The van der Waals surface area contributed by atoms with E-state index in [9.17, 15) is 4.79 Å². The molecule has 152 valence electrons. The Labute approximate surface area is 167 Å². The average Bonchev–Trinajstić information content (AvgIpc) is 2.65. The van der Waals surface area contributed by atoms with Crippen molar-refractivity contribution in [1.82, 2.24) is 0 Å².